The van der Waals surface area contributed by atoms with Crippen LogP contribution in [-0.2, 0) is 6.61 Å². The van der Waals surface area contributed by atoms with Crippen LogP contribution in [0.3, 0.4) is 0 Å². The van der Waals surface area contributed by atoms with Gasteiger partial charge >= 0.3 is 0 Å². The Labute approximate surface area is 199 Å². The molecule has 0 unspecified atom stereocenters. The van der Waals surface area contributed by atoms with E-state index >= 15 is 0 Å². The molecular weight excluding hydrogens is 432 g/mol. The third kappa shape index (κ3) is 5.73. The van der Waals surface area contributed by atoms with E-state index in [4.69, 9.17) is 18.9 Å². The first-order chi connectivity index (χ1) is 16.2. The Morgan fingerprint density at radius 3 is 2.09 bits per heavy atom. The minimum Gasteiger partial charge on any atom is -0.493 e. The molecule has 0 amide bonds. The monoisotopic (exact) mass is 460 g/mol. The fraction of sp³-hybridized carbons (Fsp3) is 0.154. The zero-order valence-corrected chi connectivity index (χ0v) is 19.4. The lowest BCUT2D eigenvalue weighted by Crippen LogP contribution is -2.00. The van der Waals surface area contributed by atoms with E-state index in [-0.39, 0.29) is 6.15 Å². The van der Waals surface area contributed by atoms with Gasteiger partial charge in [0, 0.05) is 17.4 Å². The molecule has 0 bridgehead atoms. The summed E-state index contributed by atoms with van der Waals surface area (Å²) in [6.45, 7) is 0.521. The molecule has 0 saturated carbocycles. The topological polar surface area (TPSA) is 110 Å². The summed E-state index contributed by atoms with van der Waals surface area (Å²) in [7, 11) is 4.74. The minimum atomic E-state index is 0. The van der Waals surface area contributed by atoms with Crippen molar-refractivity contribution in [1.29, 1.82) is 0 Å². The molecule has 0 aliphatic heterocycles. The normalized spacial score (nSPS) is 10.1. The van der Waals surface area contributed by atoms with Crippen molar-refractivity contribution in [2.75, 3.05) is 26.6 Å². The summed E-state index contributed by atoms with van der Waals surface area (Å²) >= 11 is 0. The van der Waals surface area contributed by atoms with Crippen molar-refractivity contribution in [1.82, 2.24) is 16.1 Å². The summed E-state index contributed by atoms with van der Waals surface area (Å²) in [6, 6.07) is 23.3. The third-order valence-corrected chi connectivity index (χ3v) is 4.97. The lowest BCUT2D eigenvalue weighted by Gasteiger charge is -2.14. The lowest BCUT2D eigenvalue weighted by molar-refractivity contribution is 0.306. The van der Waals surface area contributed by atoms with Crippen LogP contribution in [0.15, 0.2) is 79.0 Å². The van der Waals surface area contributed by atoms with Crippen LogP contribution >= 0.6 is 0 Å². The molecule has 0 fully saturated rings. The lowest BCUT2D eigenvalue weighted by atomic mass is 10.1. The van der Waals surface area contributed by atoms with E-state index in [0.29, 0.717) is 29.8 Å². The Balaban J connectivity index is 0.00000324. The van der Waals surface area contributed by atoms with Crippen LogP contribution in [0.4, 0.5) is 11.6 Å². The Morgan fingerprint density at radius 1 is 0.794 bits per heavy atom. The molecule has 1 aromatic heterocycles. The van der Waals surface area contributed by atoms with Gasteiger partial charge in [-0.25, -0.2) is 9.97 Å². The molecule has 4 aromatic rings. The first-order valence-corrected chi connectivity index (χ1v) is 10.4. The molecule has 8 nitrogen and oxygen atoms in total. The molecule has 1 heterocycles. The summed E-state index contributed by atoms with van der Waals surface area (Å²) in [5.74, 6) is 2.92. The van der Waals surface area contributed by atoms with E-state index in [1.165, 1.54) is 0 Å². The molecule has 0 atom stereocenters. The predicted molar refractivity (Wildman–Crippen MR) is 133 cm³/mol. The SMILES string of the molecule is COc1cc(-c2ccnc(Nc3ccc(OCc4ccccc4)cc3)n2)cc(OC)c1OC.N. The van der Waals surface area contributed by atoms with E-state index in [1.807, 2.05) is 72.8 Å². The first kappa shape index (κ1) is 24.3. The molecule has 0 aliphatic rings. The van der Waals surface area contributed by atoms with Gasteiger partial charge in [0.25, 0.3) is 0 Å². The summed E-state index contributed by atoms with van der Waals surface area (Å²) in [5, 5.41) is 3.23. The molecule has 8 heteroatoms. The Kier molecular flexibility index (Phi) is 8.26. The number of aromatic nitrogens is 2. The highest BCUT2D eigenvalue weighted by Gasteiger charge is 2.15. The Morgan fingerprint density at radius 2 is 1.47 bits per heavy atom. The van der Waals surface area contributed by atoms with Gasteiger partial charge in [0.1, 0.15) is 12.4 Å². The summed E-state index contributed by atoms with van der Waals surface area (Å²) in [5.41, 5.74) is 3.51. The number of nitrogens with one attached hydrogen (secondary N) is 1. The van der Waals surface area contributed by atoms with Gasteiger partial charge in [0.05, 0.1) is 27.0 Å². The molecule has 4 rings (SSSR count). The molecule has 4 N–H and O–H groups in total. The fourth-order valence-electron chi connectivity index (χ4n) is 3.31. The Hall–Kier alpha value is -4.30. The van der Waals surface area contributed by atoms with Crippen molar-refractivity contribution in [3.05, 3.63) is 84.6 Å². The number of anilines is 2. The summed E-state index contributed by atoms with van der Waals surface area (Å²) in [4.78, 5) is 8.97. The van der Waals surface area contributed by atoms with E-state index in [9.17, 15) is 0 Å². The minimum absolute atomic E-state index is 0. The van der Waals surface area contributed by atoms with Gasteiger partial charge in [-0.2, -0.15) is 0 Å². The molecule has 0 spiro atoms. The number of hydrogen-bond acceptors (Lipinski definition) is 8. The smallest absolute Gasteiger partial charge is 0.227 e. The van der Waals surface area contributed by atoms with Crippen molar-refractivity contribution < 1.29 is 18.9 Å². The average Bonchev–Trinajstić information content (AvgIpc) is 2.88. The van der Waals surface area contributed by atoms with Crippen LogP contribution in [0.25, 0.3) is 11.3 Å². The predicted octanol–water partition coefficient (Wildman–Crippen LogP) is 5.65. The highest BCUT2D eigenvalue weighted by atomic mass is 16.5. The molecular formula is C26H28N4O4. The molecule has 0 aliphatic carbocycles. The maximum atomic E-state index is 5.84. The average molecular weight is 461 g/mol. The van der Waals surface area contributed by atoms with Gasteiger partial charge in [-0.05, 0) is 48.0 Å². The Bertz CT molecular complexity index is 1180. The van der Waals surface area contributed by atoms with E-state index < -0.39 is 0 Å². The van der Waals surface area contributed by atoms with Crippen molar-refractivity contribution in [3.8, 4) is 34.3 Å². The summed E-state index contributed by atoms with van der Waals surface area (Å²) < 4.78 is 22.1. The van der Waals surface area contributed by atoms with Gasteiger partial charge in [-0.3, -0.25) is 0 Å². The quantitative estimate of drug-likeness (QED) is 0.329. The largest absolute Gasteiger partial charge is 0.493 e. The second kappa shape index (κ2) is 11.5. The second-order valence-corrected chi connectivity index (χ2v) is 7.10. The van der Waals surface area contributed by atoms with Gasteiger partial charge in [0.15, 0.2) is 11.5 Å². The van der Waals surface area contributed by atoms with E-state index in [1.54, 1.807) is 27.5 Å². The van der Waals surface area contributed by atoms with Gasteiger partial charge in [0.2, 0.25) is 11.7 Å². The van der Waals surface area contributed by atoms with Gasteiger partial charge in [-0.15, -0.1) is 0 Å². The molecule has 176 valence electrons. The number of benzene rings is 3. The zero-order chi connectivity index (χ0) is 23.0. The molecule has 0 radical (unpaired) electrons. The van der Waals surface area contributed by atoms with Crippen molar-refractivity contribution in [2.24, 2.45) is 0 Å². The van der Waals surface area contributed by atoms with Crippen LogP contribution in [0.5, 0.6) is 23.0 Å². The van der Waals surface area contributed by atoms with Gasteiger partial charge in [-0.1, -0.05) is 30.3 Å². The standard InChI is InChI=1S/C26H25N3O4.H3N/c1-30-23-15-19(16-24(31-2)25(23)32-3)22-13-14-27-26(29-22)28-20-9-11-21(12-10-20)33-17-18-7-5-4-6-8-18;/h4-16H,17H2,1-3H3,(H,27,28,29);1H3. The third-order valence-electron chi connectivity index (χ3n) is 4.97. The summed E-state index contributed by atoms with van der Waals surface area (Å²) in [6.07, 6.45) is 1.70. The molecule has 34 heavy (non-hydrogen) atoms. The number of nitrogens with zero attached hydrogens (tertiary/aromatic N) is 2. The fourth-order valence-corrected chi connectivity index (χ4v) is 3.31. The number of rotatable bonds is 9. The first-order valence-electron chi connectivity index (χ1n) is 10.4. The van der Waals surface area contributed by atoms with Crippen molar-refractivity contribution in [2.45, 2.75) is 6.61 Å². The number of hydrogen-bond donors (Lipinski definition) is 2. The van der Waals surface area contributed by atoms with E-state index in [0.717, 1.165) is 28.3 Å². The van der Waals surface area contributed by atoms with Crippen molar-refractivity contribution >= 4 is 11.6 Å². The highest BCUT2D eigenvalue weighted by molar-refractivity contribution is 5.69. The van der Waals surface area contributed by atoms with Crippen LogP contribution < -0.4 is 30.4 Å². The maximum Gasteiger partial charge on any atom is 0.227 e. The second-order valence-electron chi connectivity index (χ2n) is 7.10. The van der Waals surface area contributed by atoms with Crippen LogP contribution in [0, 0.1) is 0 Å². The molecule has 0 saturated heterocycles. The van der Waals surface area contributed by atoms with Crippen molar-refractivity contribution in [3.63, 3.8) is 0 Å². The maximum absolute atomic E-state index is 5.84. The van der Waals surface area contributed by atoms with Crippen LogP contribution in [0.1, 0.15) is 5.56 Å². The van der Waals surface area contributed by atoms with E-state index in [2.05, 4.69) is 15.3 Å². The van der Waals surface area contributed by atoms with Gasteiger partial charge < -0.3 is 30.4 Å². The highest BCUT2D eigenvalue weighted by Crippen LogP contribution is 2.40. The number of methoxy groups -OCH3 is 3. The van der Waals surface area contributed by atoms with Crippen LogP contribution in [0.2, 0.25) is 0 Å². The molecule has 3 aromatic carbocycles. The van der Waals surface area contributed by atoms with Crippen LogP contribution in [-0.4, -0.2) is 31.3 Å². The number of ether oxygens (including phenoxy) is 4. The zero-order valence-electron chi connectivity index (χ0n) is 19.4.